The first-order chi connectivity index (χ1) is 4.21. The Morgan fingerprint density at radius 3 is 2.89 bits per heavy atom. The number of carbonyl (C=O) groups is 1. The van der Waals surface area contributed by atoms with Gasteiger partial charge in [-0.3, -0.25) is 4.79 Å². The molecule has 2 aliphatic rings. The van der Waals surface area contributed by atoms with Crippen LogP contribution in [-0.4, -0.2) is 17.5 Å². The summed E-state index contributed by atoms with van der Waals surface area (Å²) in [6.45, 7) is 1.82. The molecule has 0 aliphatic carbocycles. The van der Waals surface area contributed by atoms with E-state index in [0.29, 0.717) is 6.42 Å². The van der Waals surface area contributed by atoms with E-state index in [-0.39, 0.29) is 11.9 Å². The number of rotatable bonds is 0. The summed E-state index contributed by atoms with van der Waals surface area (Å²) in [6, 6.07) is 0. The highest BCUT2D eigenvalue weighted by Crippen LogP contribution is 2.34. The highest BCUT2D eigenvalue weighted by molar-refractivity contribution is 5.92. The van der Waals surface area contributed by atoms with Crippen molar-refractivity contribution in [2.45, 2.75) is 25.0 Å². The van der Waals surface area contributed by atoms with Crippen LogP contribution in [0.25, 0.3) is 0 Å². The highest BCUT2D eigenvalue weighted by Gasteiger charge is 2.45. The van der Waals surface area contributed by atoms with Gasteiger partial charge in [0.05, 0.1) is 6.10 Å². The van der Waals surface area contributed by atoms with Crippen LogP contribution in [0.2, 0.25) is 0 Å². The number of Topliss-reactive ketones (excluding diaryl/α,β-unsaturated/α-hetero) is 1. The summed E-state index contributed by atoms with van der Waals surface area (Å²) in [5.41, 5.74) is -0.551. The molecule has 2 atom stereocenters. The first kappa shape index (κ1) is 5.18. The summed E-state index contributed by atoms with van der Waals surface area (Å²) in [5.74, 6) is 0.218. The molecule has 2 heterocycles. The van der Waals surface area contributed by atoms with Gasteiger partial charge in [0.1, 0.15) is 5.60 Å². The van der Waals surface area contributed by atoms with E-state index in [1.54, 1.807) is 0 Å². The standard InChI is InChI=1S/C7H8O2/c1-7-3-2-5(9-7)4-6(7)8/h2-3,5H,4H2,1H3/t5-,7+/m1/s1. The maximum atomic E-state index is 11.0. The normalized spacial score (nSPS) is 46.8. The Bertz CT molecular complexity index is 195. The Hall–Kier alpha value is -0.630. The zero-order chi connectivity index (χ0) is 6.48. The van der Waals surface area contributed by atoms with E-state index in [4.69, 9.17) is 4.74 Å². The second kappa shape index (κ2) is 1.27. The predicted molar refractivity (Wildman–Crippen MR) is 32.0 cm³/mol. The lowest BCUT2D eigenvalue weighted by Gasteiger charge is -2.11. The minimum absolute atomic E-state index is 0.0856. The molecule has 1 fully saturated rings. The lowest BCUT2D eigenvalue weighted by atomic mass is 9.96. The van der Waals surface area contributed by atoms with Gasteiger partial charge in [-0.15, -0.1) is 0 Å². The van der Waals surface area contributed by atoms with Crippen molar-refractivity contribution in [2.24, 2.45) is 0 Å². The Morgan fingerprint density at radius 2 is 2.67 bits per heavy atom. The van der Waals surface area contributed by atoms with Crippen molar-refractivity contribution in [3.63, 3.8) is 0 Å². The van der Waals surface area contributed by atoms with Crippen molar-refractivity contribution in [3.05, 3.63) is 12.2 Å². The first-order valence-corrected chi connectivity index (χ1v) is 3.11. The van der Waals surface area contributed by atoms with Gasteiger partial charge in [-0.2, -0.15) is 0 Å². The molecule has 2 rings (SSSR count). The zero-order valence-corrected chi connectivity index (χ0v) is 5.26. The average Bonchev–Trinajstić information content (AvgIpc) is 2.22. The van der Waals surface area contributed by atoms with Crippen LogP contribution in [0.5, 0.6) is 0 Å². The largest absolute Gasteiger partial charge is 0.356 e. The first-order valence-electron chi connectivity index (χ1n) is 3.11. The summed E-state index contributed by atoms with van der Waals surface area (Å²) in [5, 5.41) is 0. The van der Waals surface area contributed by atoms with Gasteiger partial charge in [-0.1, -0.05) is 6.08 Å². The lowest BCUT2D eigenvalue weighted by molar-refractivity contribution is -0.125. The molecule has 0 radical (unpaired) electrons. The number of ether oxygens (including phenoxy) is 1. The van der Waals surface area contributed by atoms with Crippen LogP contribution in [0, 0.1) is 0 Å². The van der Waals surface area contributed by atoms with Crippen molar-refractivity contribution in [2.75, 3.05) is 0 Å². The molecule has 2 aliphatic heterocycles. The molecule has 0 aromatic heterocycles. The second-order valence-electron chi connectivity index (χ2n) is 2.75. The SMILES string of the molecule is C[C@]12C=C[C@H](CC1=O)O2. The Morgan fingerprint density at radius 1 is 1.89 bits per heavy atom. The fourth-order valence-electron chi connectivity index (χ4n) is 1.34. The van der Waals surface area contributed by atoms with Crippen LogP contribution < -0.4 is 0 Å². The minimum Gasteiger partial charge on any atom is -0.356 e. The number of fused-ring (bicyclic) bond motifs is 2. The van der Waals surface area contributed by atoms with Gasteiger partial charge in [-0.25, -0.2) is 0 Å². The molecule has 1 saturated heterocycles. The molecular weight excluding hydrogens is 116 g/mol. The maximum Gasteiger partial charge on any atom is 0.171 e. The van der Waals surface area contributed by atoms with E-state index >= 15 is 0 Å². The molecule has 0 spiro atoms. The quantitative estimate of drug-likeness (QED) is 0.444. The van der Waals surface area contributed by atoms with Crippen LogP contribution in [-0.2, 0) is 9.53 Å². The summed E-state index contributed by atoms with van der Waals surface area (Å²) >= 11 is 0. The molecule has 0 N–H and O–H groups in total. The van der Waals surface area contributed by atoms with Crippen molar-refractivity contribution in [1.29, 1.82) is 0 Å². The summed E-state index contributed by atoms with van der Waals surface area (Å²) in [4.78, 5) is 11.0. The van der Waals surface area contributed by atoms with Gasteiger partial charge in [-0.05, 0) is 13.0 Å². The molecule has 0 aromatic rings. The predicted octanol–water partition coefficient (Wildman–Crippen LogP) is 0.673. The van der Waals surface area contributed by atoms with Crippen LogP contribution in [0.4, 0.5) is 0 Å². The van der Waals surface area contributed by atoms with Crippen molar-refractivity contribution in [1.82, 2.24) is 0 Å². The molecular formula is C7H8O2. The lowest BCUT2D eigenvalue weighted by Crippen LogP contribution is -2.27. The van der Waals surface area contributed by atoms with E-state index in [1.807, 2.05) is 19.1 Å². The number of carbonyl (C=O) groups excluding carboxylic acids is 1. The molecule has 0 amide bonds. The van der Waals surface area contributed by atoms with E-state index in [9.17, 15) is 4.79 Å². The van der Waals surface area contributed by atoms with Crippen LogP contribution >= 0.6 is 0 Å². The van der Waals surface area contributed by atoms with Crippen LogP contribution in [0.15, 0.2) is 12.2 Å². The van der Waals surface area contributed by atoms with E-state index in [0.717, 1.165) is 0 Å². The third-order valence-corrected chi connectivity index (χ3v) is 1.97. The average molecular weight is 124 g/mol. The summed E-state index contributed by atoms with van der Waals surface area (Å²) < 4.78 is 5.31. The Kier molecular flexibility index (Phi) is 0.728. The molecule has 0 unspecified atom stereocenters. The fourth-order valence-corrected chi connectivity index (χ4v) is 1.34. The second-order valence-corrected chi connectivity index (χ2v) is 2.75. The molecule has 2 nitrogen and oxygen atoms in total. The van der Waals surface area contributed by atoms with Gasteiger partial charge < -0.3 is 4.74 Å². The zero-order valence-electron chi connectivity index (χ0n) is 5.26. The summed E-state index contributed by atoms with van der Waals surface area (Å²) in [7, 11) is 0. The van der Waals surface area contributed by atoms with E-state index in [1.165, 1.54) is 0 Å². The van der Waals surface area contributed by atoms with E-state index in [2.05, 4.69) is 0 Å². The molecule has 2 bridgehead atoms. The Labute approximate surface area is 53.5 Å². The van der Waals surface area contributed by atoms with Crippen LogP contribution in [0.3, 0.4) is 0 Å². The highest BCUT2D eigenvalue weighted by atomic mass is 16.5. The van der Waals surface area contributed by atoms with Gasteiger partial charge in [0, 0.05) is 6.42 Å². The molecule has 0 saturated carbocycles. The number of hydrogen-bond acceptors (Lipinski definition) is 2. The molecule has 2 heteroatoms. The molecule has 9 heavy (non-hydrogen) atoms. The monoisotopic (exact) mass is 124 g/mol. The third kappa shape index (κ3) is 0.512. The molecule has 48 valence electrons. The number of hydrogen-bond donors (Lipinski definition) is 0. The van der Waals surface area contributed by atoms with Gasteiger partial charge in [0.15, 0.2) is 5.78 Å². The number of ketones is 1. The smallest absolute Gasteiger partial charge is 0.171 e. The van der Waals surface area contributed by atoms with Gasteiger partial charge in [0.2, 0.25) is 0 Å². The third-order valence-electron chi connectivity index (χ3n) is 1.97. The maximum absolute atomic E-state index is 11.0. The topological polar surface area (TPSA) is 26.3 Å². The van der Waals surface area contributed by atoms with Gasteiger partial charge in [0.25, 0.3) is 0 Å². The Balaban J connectivity index is 2.44. The van der Waals surface area contributed by atoms with Crippen molar-refractivity contribution < 1.29 is 9.53 Å². The van der Waals surface area contributed by atoms with E-state index < -0.39 is 5.60 Å². The fraction of sp³-hybridized carbons (Fsp3) is 0.571. The minimum atomic E-state index is -0.551. The van der Waals surface area contributed by atoms with Crippen LogP contribution in [0.1, 0.15) is 13.3 Å². The van der Waals surface area contributed by atoms with Crippen molar-refractivity contribution >= 4 is 5.78 Å². The summed E-state index contributed by atoms with van der Waals surface area (Å²) in [6.07, 6.45) is 4.47. The van der Waals surface area contributed by atoms with Crippen molar-refractivity contribution in [3.8, 4) is 0 Å². The molecule has 0 aromatic carbocycles. The van der Waals surface area contributed by atoms with Gasteiger partial charge >= 0.3 is 0 Å².